The maximum atomic E-state index is 12.8. The summed E-state index contributed by atoms with van der Waals surface area (Å²) in [6, 6.07) is 6.51. The van der Waals surface area contributed by atoms with Crippen LogP contribution in [-0.2, 0) is 16.1 Å². The van der Waals surface area contributed by atoms with Crippen LogP contribution in [0.5, 0.6) is 5.75 Å². The molecule has 1 amide bonds. The van der Waals surface area contributed by atoms with Gasteiger partial charge in [0.2, 0.25) is 0 Å². The Bertz CT molecular complexity index is 923. The molecule has 1 aromatic heterocycles. The summed E-state index contributed by atoms with van der Waals surface area (Å²) in [5, 5.41) is 0.540. The van der Waals surface area contributed by atoms with Gasteiger partial charge in [-0.25, -0.2) is 4.79 Å². The maximum absolute atomic E-state index is 12.8. The summed E-state index contributed by atoms with van der Waals surface area (Å²) in [5.41, 5.74) is 4.59. The smallest absolute Gasteiger partial charge is 0.330 e. The molecule has 0 spiro atoms. The van der Waals surface area contributed by atoms with Crippen molar-refractivity contribution in [2.75, 3.05) is 37.5 Å². The molecule has 2 rings (SSSR count). The van der Waals surface area contributed by atoms with E-state index in [0.717, 1.165) is 0 Å². The van der Waals surface area contributed by atoms with E-state index in [9.17, 15) is 14.4 Å². The van der Waals surface area contributed by atoms with Crippen LogP contribution in [0.15, 0.2) is 33.9 Å². The predicted octanol–water partition coefficient (Wildman–Crippen LogP) is 1.24. The zero-order chi connectivity index (χ0) is 20.7. The number of amides is 1. The summed E-state index contributed by atoms with van der Waals surface area (Å²) in [4.78, 5) is 40.6. The van der Waals surface area contributed by atoms with Crippen molar-refractivity contribution in [1.29, 1.82) is 0 Å². The lowest BCUT2D eigenvalue weighted by molar-refractivity contribution is -0.120. The van der Waals surface area contributed by atoms with Gasteiger partial charge < -0.3 is 15.2 Å². The standard InChI is InChI=1S/C18H23ClN4O5/c1-3-8-23-16(20)15(17(25)21-18(23)26)22(9-10-27-2)14(24)11-28-13-6-4-12(19)5-7-13/h4-7H,3,8-11,20H2,1-2H3,(H,21,25,26). The van der Waals surface area contributed by atoms with E-state index in [1.807, 2.05) is 6.92 Å². The lowest BCUT2D eigenvalue weighted by Crippen LogP contribution is -2.44. The zero-order valence-electron chi connectivity index (χ0n) is 15.7. The van der Waals surface area contributed by atoms with Gasteiger partial charge in [0.1, 0.15) is 11.6 Å². The number of benzene rings is 1. The fourth-order valence-electron chi connectivity index (χ4n) is 2.58. The molecule has 152 valence electrons. The number of hydrogen-bond acceptors (Lipinski definition) is 6. The van der Waals surface area contributed by atoms with Gasteiger partial charge in [-0.1, -0.05) is 18.5 Å². The van der Waals surface area contributed by atoms with Crippen LogP contribution in [-0.4, -0.2) is 42.3 Å². The van der Waals surface area contributed by atoms with Crippen LogP contribution in [0.3, 0.4) is 0 Å². The van der Waals surface area contributed by atoms with E-state index >= 15 is 0 Å². The highest BCUT2D eigenvalue weighted by atomic mass is 35.5. The van der Waals surface area contributed by atoms with E-state index < -0.39 is 17.2 Å². The topological polar surface area (TPSA) is 120 Å². The van der Waals surface area contributed by atoms with Gasteiger partial charge >= 0.3 is 5.69 Å². The molecular weight excluding hydrogens is 388 g/mol. The lowest BCUT2D eigenvalue weighted by Gasteiger charge is -2.24. The number of nitrogens with two attached hydrogens (primary N) is 1. The Morgan fingerprint density at radius 1 is 1.29 bits per heavy atom. The van der Waals surface area contributed by atoms with Gasteiger partial charge in [0.15, 0.2) is 12.3 Å². The molecule has 10 heteroatoms. The molecule has 0 saturated carbocycles. The van der Waals surface area contributed by atoms with E-state index in [-0.39, 0.29) is 31.3 Å². The molecule has 0 aliphatic carbocycles. The Morgan fingerprint density at radius 3 is 2.57 bits per heavy atom. The lowest BCUT2D eigenvalue weighted by atomic mass is 10.3. The van der Waals surface area contributed by atoms with Gasteiger partial charge in [0.25, 0.3) is 11.5 Å². The molecule has 0 unspecified atom stereocenters. The molecule has 0 aliphatic heterocycles. The second-order valence-electron chi connectivity index (χ2n) is 5.93. The molecule has 3 N–H and O–H groups in total. The Balaban J connectivity index is 2.33. The number of rotatable bonds is 9. The Hall–Kier alpha value is -2.78. The van der Waals surface area contributed by atoms with E-state index in [0.29, 0.717) is 23.7 Å². The second kappa shape index (κ2) is 9.95. The zero-order valence-corrected chi connectivity index (χ0v) is 16.5. The maximum Gasteiger partial charge on any atom is 0.330 e. The van der Waals surface area contributed by atoms with Gasteiger partial charge in [-0.3, -0.25) is 24.0 Å². The van der Waals surface area contributed by atoms with Crippen LogP contribution in [0, 0.1) is 0 Å². The largest absolute Gasteiger partial charge is 0.484 e. The van der Waals surface area contributed by atoms with E-state index in [1.165, 1.54) is 16.6 Å². The second-order valence-corrected chi connectivity index (χ2v) is 6.36. The molecule has 0 atom stereocenters. The van der Waals surface area contributed by atoms with Crippen molar-refractivity contribution in [2.24, 2.45) is 0 Å². The first-order valence-electron chi connectivity index (χ1n) is 8.69. The molecule has 0 saturated heterocycles. The third-order valence-electron chi connectivity index (χ3n) is 3.93. The summed E-state index contributed by atoms with van der Waals surface area (Å²) in [5.74, 6) is -0.139. The highest BCUT2D eigenvalue weighted by molar-refractivity contribution is 6.30. The third kappa shape index (κ3) is 5.14. The Kier molecular flexibility index (Phi) is 7.65. The van der Waals surface area contributed by atoms with Crippen molar-refractivity contribution in [3.63, 3.8) is 0 Å². The van der Waals surface area contributed by atoms with Crippen molar-refractivity contribution < 1.29 is 14.3 Å². The molecule has 28 heavy (non-hydrogen) atoms. The molecule has 2 aromatic rings. The molecule has 0 aliphatic rings. The number of H-pyrrole nitrogens is 1. The Labute approximate surface area is 166 Å². The number of aromatic amines is 1. The predicted molar refractivity (Wildman–Crippen MR) is 107 cm³/mol. The molecule has 0 radical (unpaired) electrons. The molecule has 1 aromatic carbocycles. The molecule has 0 bridgehead atoms. The normalized spacial score (nSPS) is 10.7. The van der Waals surface area contributed by atoms with Crippen molar-refractivity contribution >= 4 is 29.0 Å². The highest BCUT2D eigenvalue weighted by Crippen LogP contribution is 2.19. The van der Waals surface area contributed by atoms with Crippen LogP contribution < -0.4 is 26.6 Å². The average Bonchev–Trinajstić information content (AvgIpc) is 2.66. The van der Waals surface area contributed by atoms with Gasteiger partial charge in [-0.15, -0.1) is 0 Å². The first kappa shape index (κ1) is 21.5. The minimum atomic E-state index is -0.745. The number of aromatic nitrogens is 2. The van der Waals surface area contributed by atoms with E-state index in [4.69, 9.17) is 26.8 Å². The number of halogens is 1. The number of hydrogen-bond donors (Lipinski definition) is 2. The van der Waals surface area contributed by atoms with Crippen LogP contribution in [0.4, 0.5) is 11.5 Å². The quantitative estimate of drug-likeness (QED) is 0.641. The SMILES string of the molecule is CCCn1c(N)c(N(CCOC)C(=O)COc2ccc(Cl)cc2)c(=O)[nH]c1=O. The molecule has 1 heterocycles. The fourth-order valence-corrected chi connectivity index (χ4v) is 2.71. The summed E-state index contributed by atoms with van der Waals surface area (Å²) < 4.78 is 11.7. The van der Waals surface area contributed by atoms with Crippen LogP contribution >= 0.6 is 11.6 Å². The number of methoxy groups -OCH3 is 1. The summed E-state index contributed by atoms with van der Waals surface area (Å²) in [7, 11) is 1.47. The minimum absolute atomic E-state index is 0.0664. The van der Waals surface area contributed by atoms with Crippen molar-refractivity contribution in [3.05, 3.63) is 50.1 Å². The van der Waals surface area contributed by atoms with Crippen molar-refractivity contribution in [2.45, 2.75) is 19.9 Å². The van der Waals surface area contributed by atoms with Crippen LogP contribution in [0.2, 0.25) is 5.02 Å². The number of ether oxygens (including phenoxy) is 2. The minimum Gasteiger partial charge on any atom is -0.484 e. The number of nitrogens with zero attached hydrogens (tertiary/aromatic N) is 2. The van der Waals surface area contributed by atoms with Crippen LogP contribution in [0.1, 0.15) is 13.3 Å². The molecule has 0 fully saturated rings. The van der Waals surface area contributed by atoms with Crippen molar-refractivity contribution in [3.8, 4) is 5.75 Å². The van der Waals surface area contributed by atoms with Gasteiger partial charge in [-0.2, -0.15) is 0 Å². The number of nitrogens with one attached hydrogen (secondary N) is 1. The van der Waals surface area contributed by atoms with Gasteiger partial charge in [0.05, 0.1) is 6.61 Å². The first-order valence-corrected chi connectivity index (χ1v) is 9.07. The average molecular weight is 411 g/mol. The first-order chi connectivity index (χ1) is 13.4. The molecule has 9 nitrogen and oxygen atoms in total. The number of carbonyl (C=O) groups is 1. The molecular formula is C18H23ClN4O5. The van der Waals surface area contributed by atoms with E-state index in [1.54, 1.807) is 24.3 Å². The highest BCUT2D eigenvalue weighted by Gasteiger charge is 2.24. The van der Waals surface area contributed by atoms with E-state index in [2.05, 4.69) is 4.98 Å². The summed E-state index contributed by atoms with van der Waals surface area (Å²) in [6.45, 7) is 2.07. The Morgan fingerprint density at radius 2 is 1.96 bits per heavy atom. The summed E-state index contributed by atoms with van der Waals surface area (Å²) in [6.07, 6.45) is 0.626. The van der Waals surface area contributed by atoms with Gasteiger partial charge in [0, 0.05) is 25.2 Å². The third-order valence-corrected chi connectivity index (χ3v) is 4.18. The van der Waals surface area contributed by atoms with Gasteiger partial charge in [-0.05, 0) is 30.7 Å². The summed E-state index contributed by atoms with van der Waals surface area (Å²) >= 11 is 5.83. The monoisotopic (exact) mass is 410 g/mol. The van der Waals surface area contributed by atoms with Crippen LogP contribution in [0.25, 0.3) is 0 Å². The number of anilines is 2. The fraction of sp³-hybridized carbons (Fsp3) is 0.389. The number of nitrogen functional groups attached to an aromatic ring is 1. The van der Waals surface area contributed by atoms with Crippen molar-refractivity contribution in [1.82, 2.24) is 9.55 Å². The number of carbonyl (C=O) groups excluding carboxylic acids is 1.